The third-order valence-electron chi connectivity index (χ3n) is 3.38. The fraction of sp³-hybridized carbons (Fsp3) is 0.643. The number of rotatable bonds is 7. The highest BCUT2D eigenvalue weighted by Gasteiger charge is 2.19. The second-order valence-corrected chi connectivity index (χ2v) is 8.32. The van der Waals surface area contributed by atoms with Crippen molar-refractivity contribution in [1.29, 1.82) is 0 Å². The van der Waals surface area contributed by atoms with Crippen LogP contribution in [-0.2, 0) is 10.0 Å². The first-order valence-corrected chi connectivity index (χ1v) is 9.96. The SMILES string of the molecule is CCCNc1ccc(S(=O)(=O)NCC2CCCCS2)cn1. The number of anilines is 1. The van der Waals surface area contributed by atoms with Crippen molar-refractivity contribution in [1.82, 2.24) is 9.71 Å². The molecule has 2 N–H and O–H groups in total. The van der Waals surface area contributed by atoms with E-state index in [0.717, 1.165) is 25.1 Å². The van der Waals surface area contributed by atoms with Crippen LogP contribution in [0.2, 0.25) is 0 Å². The predicted molar refractivity (Wildman–Crippen MR) is 88.3 cm³/mol. The summed E-state index contributed by atoms with van der Waals surface area (Å²) in [5, 5.41) is 3.52. The van der Waals surface area contributed by atoms with Crippen LogP contribution in [0, 0.1) is 0 Å². The molecule has 1 fully saturated rings. The van der Waals surface area contributed by atoms with Crippen molar-refractivity contribution in [3.05, 3.63) is 18.3 Å². The van der Waals surface area contributed by atoms with Crippen molar-refractivity contribution in [3.63, 3.8) is 0 Å². The molecule has 0 amide bonds. The normalized spacial score (nSPS) is 19.4. The van der Waals surface area contributed by atoms with Gasteiger partial charge in [0, 0.05) is 24.5 Å². The van der Waals surface area contributed by atoms with Crippen molar-refractivity contribution >= 4 is 27.6 Å². The van der Waals surface area contributed by atoms with Gasteiger partial charge >= 0.3 is 0 Å². The van der Waals surface area contributed by atoms with E-state index in [9.17, 15) is 8.42 Å². The molecule has 2 rings (SSSR count). The van der Waals surface area contributed by atoms with E-state index >= 15 is 0 Å². The van der Waals surface area contributed by atoms with Gasteiger partial charge < -0.3 is 5.32 Å². The second kappa shape index (κ2) is 8.00. The van der Waals surface area contributed by atoms with Crippen LogP contribution in [0.25, 0.3) is 0 Å². The lowest BCUT2D eigenvalue weighted by Crippen LogP contribution is -2.32. The number of pyridine rings is 1. The molecule has 118 valence electrons. The van der Waals surface area contributed by atoms with Gasteiger partial charge in [-0.1, -0.05) is 13.3 Å². The minimum Gasteiger partial charge on any atom is -0.370 e. The van der Waals surface area contributed by atoms with Crippen LogP contribution in [0.15, 0.2) is 23.2 Å². The van der Waals surface area contributed by atoms with Gasteiger partial charge in [0.25, 0.3) is 0 Å². The number of aromatic nitrogens is 1. The van der Waals surface area contributed by atoms with Gasteiger partial charge in [0.2, 0.25) is 10.0 Å². The van der Waals surface area contributed by atoms with Gasteiger partial charge in [0.05, 0.1) is 0 Å². The molecule has 0 bridgehead atoms. The second-order valence-electron chi connectivity index (χ2n) is 5.15. The Morgan fingerprint density at radius 1 is 1.38 bits per heavy atom. The molecule has 1 aromatic rings. The molecule has 1 saturated heterocycles. The lowest BCUT2D eigenvalue weighted by Gasteiger charge is -2.21. The molecule has 21 heavy (non-hydrogen) atoms. The molecular weight excluding hydrogens is 306 g/mol. The van der Waals surface area contributed by atoms with E-state index < -0.39 is 10.0 Å². The Hall–Kier alpha value is -0.790. The molecule has 5 nitrogen and oxygen atoms in total. The fourth-order valence-electron chi connectivity index (χ4n) is 2.15. The maximum atomic E-state index is 12.2. The zero-order valence-corrected chi connectivity index (χ0v) is 14.0. The van der Waals surface area contributed by atoms with E-state index in [1.165, 1.54) is 19.0 Å². The highest BCUT2D eigenvalue weighted by molar-refractivity contribution is 8.00. The monoisotopic (exact) mass is 329 g/mol. The van der Waals surface area contributed by atoms with Gasteiger partial charge in [-0.15, -0.1) is 0 Å². The van der Waals surface area contributed by atoms with E-state index in [1.807, 2.05) is 11.8 Å². The molecule has 0 aromatic carbocycles. The molecule has 1 aliphatic heterocycles. The predicted octanol–water partition coefficient (Wildman–Crippen LogP) is 2.47. The third-order valence-corrected chi connectivity index (χ3v) is 6.18. The fourth-order valence-corrected chi connectivity index (χ4v) is 4.52. The van der Waals surface area contributed by atoms with Gasteiger partial charge in [-0.2, -0.15) is 11.8 Å². The van der Waals surface area contributed by atoms with Crippen LogP contribution < -0.4 is 10.0 Å². The van der Waals surface area contributed by atoms with Crippen LogP contribution in [-0.4, -0.2) is 37.5 Å². The summed E-state index contributed by atoms with van der Waals surface area (Å²) in [5.74, 6) is 1.84. The zero-order valence-electron chi connectivity index (χ0n) is 12.3. The smallest absolute Gasteiger partial charge is 0.242 e. The van der Waals surface area contributed by atoms with Gasteiger partial charge in [-0.25, -0.2) is 18.1 Å². The van der Waals surface area contributed by atoms with Crippen LogP contribution in [0.4, 0.5) is 5.82 Å². The maximum Gasteiger partial charge on any atom is 0.242 e. The Morgan fingerprint density at radius 3 is 2.86 bits per heavy atom. The van der Waals surface area contributed by atoms with E-state index in [-0.39, 0.29) is 4.90 Å². The Kier molecular flexibility index (Phi) is 6.32. The van der Waals surface area contributed by atoms with Crippen molar-refractivity contribution in [2.75, 3.05) is 24.2 Å². The molecule has 0 radical (unpaired) electrons. The summed E-state index contributed by atoms with van der Waals surface area (Å²) in [6, 6.07) is 3.31. The summed E-state index contributed by atoms with van der Waals surface area (Å²) in [6.45, 7) is 3.40. The van der Waals surface area contributed by atoms with Gasteiger partial charge in [-0.3, -0.25) is 0 Å². The minimum absolute atomic E-state index is 0.227. The first kappa shape index (κ1) is 16.6. The molecule has 1 aliphatic rings. The molecular formula is C14H23N3O2S2. The van der Waals surface area contributed by atoms with Crippen molar-refractivity contribution < 1.29 is 8.42 Å². The number of nitrogens with zero attached hydrogens (tertiary/aromatic N) is 1. The van der Waals surface area contributed by atoms with Crippen molar-refractivity contribution in [2.24, 2.45) is 0 Å². The van der Waals surface area contributed by atoms with Gasteiger partial charge in [0.15, 0.2) is 0 Å². The van der Waals surface area contributed by atoms with Crippen molar-refractivity contribution in [2.45, 2.75) is 42.8 Å². The lowest BCUT2D eigenvalue weighted by atomic mass is 10.2. The van der Waals surface area contributed by atoms with Gasteiger partial charge in [0.1, 0.15) is 10.7 Å². The average Bonchev–Trinajstić information content (AvgIpc) is 2.52. The average molecular weight is 329 g/mol. The lowest BCUT2D eigenvalue weighted by molar-refractivity contribution is 0.573. The molecule has 1 unspecified atom stereocenters. The highest BCUT2D eigenvalue weighted by atomic mass is 32.2. The van der Waals surface area contributed by atoms with Crippen molar-refractivity contribution in [3.8, 4) is 0 Å². The first-order chi connectivity index (χ1) is 10.1. The zero-order chi connectivity index (χ0) is 15.1. The molecule has 1 aromatic heterocycles. The number of hydrogen-bond acceptors (Lipinski definition) is 5. The maximum absolute atomic E-state index is 12.2. The summed E-state index contributed by atoms with van der Waals surface area (Å²) < 4.78 is 27.1. The van der Waals surface area contributed by atoms with E-state index in [2.05, 4.69) is 21.9 Å². The Balaban J connectivity index is 1.91. The first-order valence-electron chi connectivity index (χ1n) is 7.43. The standard InChI is InChI=1S/C14H23N3O2S2/c1-2-8-15-14-7-6-13(11-16-14)21(18,19)17-10-12-5-3-4-9-20-12/h6-7,11-12,17H,2-5,8-10H2,1H3,(H,15,16). The largest absolute Gasteiger partial charge is 0.370 e. The Bertz CT molecular complexity index is 526. The molecule has 0 spiro atoms. The Labute approximate surface area is 131 Å². The summed E-state index contributed by atoms with van der Waals surface area (Å²) in [7, 11) is -3.45. The summed E-state index contributed by atoms with van der Waals surface area (Å²) in [4.78, 5) is 4.37. The highest BCUT2D eigenvalue weighted by Crippen LogP contribution is 2.24. The molecule has 2 heterocycles. The van der Waals surface area contributed by atoms with E-state index in [1.54, 1.807) is 12.1 Å². The van der Waals surface area contributed by atoms with E-state index in [4.69, 9.17) is 0 Å². The Morgan fingerprint density at radius 2 is 2.24 bits per heavy atom. The summed E-state index contributed by atoms with van der Waals surface area (Å²) in [5.41, 5.74) is 0. The number of sulfonamides is 1. The number of nitrogens with one attached hydrogen (secondary N) is 2. The molecule has 0 saturated carbocycles. The summed E-state index contributed by atoms with van der Waals surface area (Å²) in [6.07, 6.45) is 5.94. The number of hydrogen-bond donors (Lipinski definition) is 2. The summed E-state index contributed by atoms with van der Waals surface area (Å²) >= 11 is 1.86. The molecule has 0 aliphatic carbocycles. The van der Waals surface area contributed by atoms with Gasteiger partial charge in [-0.05, 0) is 37.1 Å². The quantitative estimate of drug-likeness (QED) is 0.804. The number of thioether (sulfide) groups is 1. The van der Waals surface area contributed by atoms with Crippen LogP contribution in [0.1, 0.15) is 32.6 Å². The minimum atomic E-state index is -3.45. The third kappa shape index (κ3) is 5.16. The van der Waals surface area contributed by atoms with Crippen LogP contribution in [0.5, 0.6) is 0 Å². The molecule has 1 atom stereocenters. The molecule has 7 heteroatoms. The van der Waals surface area contributed by atoms with E-state index in [0.29, 0.717) is 17.6 Å². The topological polar surface area (TPSA) is 71.1 Å². The van der Waals surface area contributed by atoms with Crippen LogP contribution >= 0.6 is 11.8 Å². The van der Waals surface area contributed by atoms with Crippen LogP contribution in [0.3, 0.4) is 0 Å².